The van der Waals surface area contributed by atoms with Crippen LogP contribution in [0.1, 0.15) is 24.3 Å². The molecule has 1 aromatic rings. The van der Waals surface area contributed by atoms with Crippen LogP contribution in [0.3, 0.4) is 0 Å². The molecule has 1 aliphatic rings. The fraction of sp³-hybridized carbons (Fsp3) is 0.455. The Balaban J connectivity index is 2.23. The first-order valence-electron chi connectivity index (χ1n) is 5.33. The van der Waals surface area contributed by atoms with E-state index in [1.54, 1.807) is 6.07 Å². The van der Waals surface area contributed by atoms with Crippen LogP contribution in [0.25, 0.3) is 0 Å². The molecule has 1 unspecified atom stereocenters. The molecule has 1 N–H and O–H groups in total. The molecule has 0 radical (unpaired) electrons. The molecule has 1 atom stereocenters. The second-order valence-corrected chi connectivity index (χ2v) is 4.01. The molecule has 4 nitrogen and oxygen atoms in total. The molecule has 0 amide bonds. The summed E-state index contributed by atoms with van der Waals surface area (Å²) in [5, 5.41) is 13.7. The first kappa shape index (κ1) is 11.0. The summed E-state index contributed by atoms with van der Waals surface area (Å²) in [6, 6.07) is 4.19. The highest BCUT2D eigenvalue weighted by molar-refractivity contribution is 5.36. The molecule has 0 saturated carbocycles. The van der Waals surface area contributed by atoms with Crippen molar-refractivity contribution in [2.75, 3.05) is 13.1 Å². The Kier molecular flexibility index (Phi) is 3.14. The molecule has 0 spiro atoms. The van der Waals surface area contributed by atoms with Crippen LogP contribution in [0, 0.1) is 15.9 Å². The number of nitrogens with zero attached hydrogens (tertiary/aromatic N) is 1. The van der Waals surface area contributed by atoms with Gasteiger partial charge in [0.1, 0.15) is 0 Å². The minimum Gasteiger partial charge on any atom is -0.316 e. The number of hydrogen-bond donors (Lipinski definition) is 1. The maximum atomic E-state index is 13.4. The lowest BCUT2D eigenvalue weighted by Gasteiger charge is -2.22. The topological polar surface area (TPSA) is 55.2 Å². The third-order valence-corrected chi connectivity index (χ3v) is 2.94. The van der Waals surface area contributed by atoms with Crippen molar-refractivity contribution in [2.45, 2.75) is 18.8 Å². The zero-order valence-electron chi connectivity index (χ0n) is 8.78. The van der Waals surface area contributed by atoms with Gasteiger partial charge in [0, 0.05) is 12.6 Å². The van der Waals surface area contributed by atoms with Crippen LogP contribution in [0.15, 0.2) is 18.2 Å². The van der Waals surface area contributed by atoms with Gasteiger partial charge in [0.25, 0.3) is 0 Å². The number of nitro groups is 1. The Morgan fingerprint density at radius 2 is 2.31 bits per heavy atom. The van der Waals surface area contributed by atoms with Gasteiger partial charge in [-0.2, -0.15) is 4.39 Å². The lowest BCUT2D eigenvalue weighted by atomic mass is 9.91. The number of halogens is 1. The molecule has 0 aromatic heterocycles. The van der Waals surface area contributed by atoms with Gasteiger partial charge in [0.15, 0.2) is 0 Å². The average Bonchev–Trinajstić information content (AvgIpc) is 2.29. The summed E-state index contributed by atoms with van der Waals surface area (Å²) in [5.74, 6) is -0.475. The maximum absolute atomic E-state index is 13.4. The number of hydrogen-bond acceptors (Lipinski definition) is 3. The molecule has 0 bridgehead atoms. The predicted octanol–water partition coefficient (Wildman–Crippen LogP) is 2.20. The molecule has 2 rings (SSSR count). The van der Waals surface area contributed by atoms with Crippen LogP contribution in [0.2, 0.25) is 0 Å². The van der Waals surface area contributed by atoms with Gasteiger partial charge in [0.05, 0.1) is 4.92 Å². The van der Waals surface area contributed by atoms with Crippen LogP contribution in [-0.2, 0) is 0 Å². The van der Waals surface area contributed by atoms with Crippen molar-refractivity contribution in [3.05, 3.63) is 39.7 Å². The summed E-state index contributed by atoms with van der Waals surface area (Å²) in [5.41, 5.74) is 0.391. The number of nitrogens with one attached hydrogen (secondary N) is 1. The number of piperidine rings is 1. The van der Waals surface area contributed by atoms with Crippen molar-refractivity contribution in [3.8, 4) is 0 Å². The van der Waals surface area contributed by atoms with Crippen molar-refractivity contribution in [1.82, 2.24) is 5.32 Å². The van der Waals surface area contributed by atoms with Crippen molar-refractivity contribution >= 4 is 5.69 Å². The van der Waals surface area contributed by atoms with Crippen LogP contribution in [0.4, 0.5) is 10.1 Å². The first-order valence-corrected chi connectivity index (χ1v) is 5.33. The van der Waals surface area contributed by atoms with E-state index in [9.17, 15) is 14.5 Å². The minimum atomic E-state index is -0.743. The van der Waals surface area contributed by atoms with Gasteiger partial charge in [0.2, 0.25) is 5.82 Å². The SMILES string of the molecule is O=[N+]([O-])c1ccc(C2CCCNC2)cc1F. The molecule has 1 aromatic carbocycles. The molecule has 16 heavy (non-hydrogen) atoms. The molecule has 0 aliphatic carbocycles. The van der Waals surface area contributed by atoms with E-state index in [2.05, 4.69) is 5.32 Å². The van der Waals surface area contributed by atoms with Crippen molar-refractivity contribution in [1.29, 1.82) is 0 Å². The second-order valence-electron chi connectivity index (χ2n) is 4.01. The van der Waals surface area contributed by atoms with Crippen LogP contribution in [0.5, 0.6) is 0 Å². The third kappa shape index (κ3) is 2.19. The summed E-state index contributed by atoms with van der Waals surface area (Å²) in [6.45, 7) is 1.81. The highest BCUT2D eigenvalue weighted by atomic mass is 19.1. The molecular weight excluding hydrogens is 211 g/mol. The van der Waals surface area contributed by atoms with Crippen molar-refractivity contribution in [2.24, 2.45) is 0 Å². The van der Waals surface area contributed by atoms with Gasteiger partial charge >= 0.3 is 5.69 Å². The minimum absolute atomic E-state index is 0.268. The highest BCUT2D eigenvalue weighted by Crippen LogP contribution is 2.27. The zero-order valence-corrected chi connectivity index (χ0v) is 8.78. The molecular formula is C11H13FN2O2. The summed E-state index contributed by atoms with van der Waals surface area (Å²) >= 11 is 0. The Morgan fingerprint density at radius 1 is 1.50 bits per heavy atom. The Morgan fingerprint density at radius 3 is 2.88 bits per heavy atom. The standard InChI is InChI=1S/C11H13FN2O2/c12-10-6-8(3-4-11(10)14(15)16)9-2-1-5-13-7-9/h3-4,6,9,13H,1-2,5,7H2. The van der Waals surface area contributed by atoms with E-state index in [-0.39, 0.29) is 5.92 Å². The molecule has 5 heteroatoms. The fourth-order valence-electron chi connectivity index (χ4n) is 2.06. The number of benzene rings is 1. The highest BCUT2D eigenvalue weighted by Gasteiger charge is 2.19. The fourth-order valence-corrected chi connectivity index (χ4v) is 2.06. The smallest absolute Gasteiger partial charge is 0.304 e. The number of rotatable bonds is 2. The zero-order chi connectivity index (χ0) is 11.5. The lowest BCUT2D eigenvalue weighted by Crippen LogP contribution is -2.28. The summed E-state index contributed by atoms with van der Waals surface area (Å²) in [6.07, 6.45) is 2.06. The molecule has 1 saturated heterocycles. The van der Waals surface area contributed by atoms with Crippen molar-refractivity contribution in [3.63, 3.8) is 0 Å². The van der Waals surface area contributed by atoms with Gasteiger partial charge in [-0.1, -0.05) is 6.07 Å². The van der Waals surface area contributed by atoms with E-state index in [1.165, 1.54) is 12.1 Å². The van der Waals surface area contributed by atoms with Crippen LogP contribution in [-0.4, -0.2) is 18.0 Å². The van der Waals surface area contributed by atoms with Gasteiger partial charge in [-0.3, -0.25) is 10.1 Å². The molecule has 1 heterocycles. The van der Waals surface area contributed by atoms with E-state index in [0.717, 1.165) is 31.5 Å². The summed E-state index contributed by atoms with van der Waals surface area (Å²) in [7, 11) is 0. The number of nitro benzene ring substituents is 1. The summed E-state index contributed by atoms with van der Waals surface area (Å²) in [4.78, 5) is 9.77. The van der Waals surface area contributed by atoms with E-state index in [0.29, 0.717) is 0 Å². The maximum Gasteiger partial charge on any atom is 0.304 e. The predicted molar refractivity (Wildman–Crippen MR) is 57.9 cm³/mol. The normalized spacial score (nSPS) is 20.7. The van der Waals surface area contributed by atoms with Gasteiger partial charge < -0.3 is 5.32 Å². The van der Waals surface area contributed by atoms with Crippen molar-refractivity contribution < 1.29 is 9.31 Å². The van der Waals surface area contributed by atoms with Crippen LogP contribution >= 0.6 is 0 Å². The largest absolute Gasteiger partial charge is 0.316 e. The van der Waals surface area contributed by atoms with E-state index >= 15 is 0 Å². The van der Waals surface area contributed by atoms with Gasteiger partial charge in [-0.05, 0) is 36.9 Å². The van der Waals surface area contributed by atoms with E-state index in [4.69, 9.17) is 0 Å². The van der Waals surface area contributed by atoms with E-state index in [1.807, 2.05) is 0 Å². The Hall–Kier alpha value is -1.49. The summed E-state index contributed by atoms with van der Waals surface area (Å²) < 4.78 is 13.4. The Bertz CT molecular complexity index is 403. The average molecular weight is 224 g/mol. The van der Waals surface area contributed by atoms with Crippen LogP contribution < -0.4 is 5.32 Å². The second kappa shape index (κ2) is 4.57. The molecule has 1 fully saturated rings. The lowest BCUT2D eigenvalue weighted by molar-refractivity contribution is -0.387. The third-order valence-electron chi connectivity index (χ3n) is 2.94. The van der Waals surface area contributed by atoms with Gasteiger partial charge in [-0.15, -0.1) is 0 Å². The quantitative estimate of drug-likeness (QED) is 0.619. The Labute approximate surface area is 92.6 Å². The monoisotopic (exact) mass is 224 g/mol. The van der Waals surface area contributed by atoms with Gasteiger partial charge in [-0.25, -0.2) is 0 Å². The van der Waals surface area contributed by atoms with E-state index < -0.39 is 16.4 Å². The molecule has 1 aliphatic heterocycles. The first-order chi connectivity index (χ1) is 7.68. The molecule has 86 valence electrons.